The van der Waals surface area contributed by atoms with Gasteiger partial charge in [0, 0.05) is 0 Å². The second-order valence-corrected chi connectivity index (χ2v) is 11.1. The van der Waals surface area contributed by atoms with E-state index in [1.165, 1.54) is 19.3 Å². The molecule has 1 amide bonds. The van der Waals surface area contributed by atoms with E-state index in [0.717, 1.165) is 12.8 Å². The standard InChI is InChI=1S/C24H43NO6/c1-9-29-20(27)23(5,6)19(26)18-17(15-16-13-11-10-12-14-16)25(24(7,8)30-18)21(28)31-22(2,3)4/h16-19,26H,9-15H2,1-8H3/t17-,18+,19+/m0/s1. The predicted octanol–water partition coefficient (Wildman–Crippen LogP) is 4.65. The maximum Gasteiger partial charge on any atom is 0.412 e. The van der Waals surface area contributed by atoms with E-state index < -0.39 is 47.1 Å². The average molecular weight is 442 g/mol. The van der Waals surface area contributed by atoms with Gasteiger partial charge in [0.2, 0.25) is 0 Å². The number of amides is 1. The van der Waals surface area contributed by atoms with Gasteiger partial charge in [0.05, 0.1) is 24.2 Å². The van der Waals surface area contributed by atoms with Crippen molar-refractivity contribution in [2.24, 2.45) is 11.3 Å². The molecule has 0 spiro atoms. The monoisotopic (exact) mass is 441 g/mol. The maximum atomic E-state index is 13.2. The van der Waals surface area contributed by atoms with Crippen molar-refractivity contribution in [2.75, 3.05) is 6.61 Å². The van der Waals surface area contributed by atoms with Gasteiger partial charge in [-0.3, -0.25) is 9.69 Å². The molecule has 1 saturated carbocycles. The minimum absolute atomic E-state index is 0.238. The lowest BCUT2D eigenvalue weighted by atomic mass is 9.78. The molecule has 0 unspecified atom stereocenters. The number of esters is 1. The Morgan fingerprint density at radius 1 is 1.13 bits per heavy atom. The largest absolute Gasteiger partial charge is 0.466 e. The van der Waals surface area contributed by atoms with Gasteiger partial charge in [-0.25, -0.2) is 4.79 Å². The zero-order chi connectivity index (χ0) is 23.6. The van der Waals surface area contributed by atoms with E-state index in [2.05, 4.69) is 0 Å². The van der Waals surface area contributed by atoms with Crippen molar-refractivity contribution in [1.29, 1.82) is 0 Å². The van der Waals surface area contributed by atoms with E-state index in [0.29, 0.717) is 12.3 Å². The van der Waals surface area contributed by atoms with E-state index in [-0.39, 0.29) is 6.61 Å². The van der Waals surface area contributed by atoms with Crippen LogP contribution in [0.3, 0.4) is 0 Å². The fraction of sp³-hybridized carbons (Fsp3) is 0.917. The van der Waals surface area contributed by atoms with Gasteiger partial charge in [-0.1, -0.05) is 32.1 Å². The highest BCUT2D eigenvalue weighted by Crippen LogP contribution is 2.43. The summed E-state index contributed by atoms with van der Waals surface area (Å²) >= 11 is 0. The molecular formula is C24H43NO6. The molecule has 2 fully saturated rings. The van der Waals surface area contributed by atoms with Gasteiger partial charge in [0.1, 0.15) is 17.4 Å². The molecule has 0 aromatic carbocycles. The topological polar surface area (TPSA) is 85.3 Å². The number of aliphatic hydroxyl groups excluding tert-OH is 1. The number of hydrogen-bond donors (Lipinski definition) is 1. The lowest BCUT2D eigenvalue weighted by Gasteiger charge is -2.38. The molecule has 0 bridgehead atoms. The first kappa shape index (κ1) is 25.9. The summed E-state index contributed by atoms with van der Waals surface area (Å²) in [7, 11) is 0. The molecule has 0 aromatic heterocycles. The minimum atomic E-state index is -1.18. The Hall–Kier alpha value is -1.34. The molecule has 0 aromatic rings. The van der Waals surface area contributed by atoms with Crippen molar-refractivity contribution >= 4 is 12.1 Å². The Labute approximate surface area is 187 Å². The van der Waals surface area contributed by atoms with Gasteiger partial charge in [-0.15, -0.1) is 0 Å². The molecule has 1 saturated heterocycles. The molecule has 7 nitrogen and oxygen atoms in total. The van der Waals surface area contributed by atoms with Crippen molar-refractivity contribution in [2.45, 2.75) is 123 Å². The Bertz CT molecular complexity index is 632. The third-order valence-corrected chi connectivity index (χ3v) is 6.46. The number of ether oxygens (including phenoxy) is 3. The van der Waals surface area contributed by atoms with Crippen LogP contribution < -0.4 is 0 Å². The molecule has 180 valence electrons. The van der Waals surface area contributed by atoms with E-state index in [1.54, 1.807) is 25.7 Å². The summed E-state index contributed by atoms with van der Waals surface area (Å²) in [4.78, 5) is 27.5. The van der Waals surface area contributed by atoms with Crippen molar-refractivity contribution in [1.82, 2.24) is 4.90 Å². The first-order valence-corrected chi connectivity index (χ1v) is 11.8. The van der Waals surface area contributed by atoms with Gasteiger partial charge in [-0.05, 0) is 67.7 Å². The van der Waals surface area contributed by atoms with Crippen LogP contribution in [0.5, 0.6) is 0 Å². The van der Waals surface area contributed by atoms with E-state index >= 15 is 0 Å². The number of rotatable bonds is 6. The molecule has 0 radical (unpaired) electrons. The Balaban J connectivity index is 2.38. The number of hydrogen-bond acceptors (Lipinski definition) is 6. The summed E-state index contributed by atoms with van der Waals surface area (Å²) in [5.41, 5.74) is -2.80. The van der Waals surface area contributed by atoms with Crippen LogP contribution in [-0.2, 0) is 19.0 Å². The fourth-order valence-corrected chi connectivity index (χ4v) is 4.81. The summed E-state index contributed by atoms with van der Waals surface area (Å²) in [6, 6.07) is -0.392. The van der Waals surface area contributed by atoms with Crippen LogP contribution in [0.25, 0.3) is 0 Å². The highest BCUT2D eigenvalue weighted by molar-refractivity contribution is 5.77. The van der Waals surface area contributed by atoms with E-state index in [9.17, 15) is 14.7 Å². The zero-order valence-corrected chi connectivity index (χ0v) is 20.7. The molecule has 31 heavy (non-hydrogen) atoms. The van der Waals surface area contributed by atoms with Gasteiger partial charge < -0.3 is 19.3 Å². The van der Waals surface area contributed by atoms with Gasteiger partial charge in [0.15, 0.2) is 0 Å². The highest BCUT2D eigenvalue weighted by atomic mass is 16.6. The van der Waals surface area contributed by atoms with Crippen LogP contribution in [0.2, 0.25) is 0 Å². The Morgan fingerprint density at radius 3 is 2.23 bits per heavy atom. The van der Waals surface area contributed by atoms with Crippen LogP contribution in [0, 0.1) is 11.3 Å². The van der Waals surface area contributed by atoms with Gasteiger partial charge >= 0.3 is 12.1 Å². The normalized spacial score (nSPS) is 25.9. The number of carbonyl (C=O) groups excluding carboxylic acids is 2. The van der Waals surface area contributed by atoms with Crippen LogP contribution in [0.15, 0.2) is 0 Å². The molecule has 1 aliphatic heterocycles. The summed E-state index contributed by atoms with van der Waals surface area (Å²) in [5.74, 6) is -0.0300. The second kappa shape index (κ2) is 9.65. The van der Waals surface area contributed by atoms with Gasteiger partial charge in [0.25, 0.3) is 0 Å². The molecule has 1 heterocycles. The van der Waals surface area contributed by atoms with Crippen LogP contribution in [0.4, 0.5) is 4.79 Å². The van der Waals surface area contributed by atoms with Crippen molar-refractivity contribution in [3.05, 3.63) is 0 Å². The zero-order valence-electron chi connectivity index (χ0n) is 20.7. The van der Waals surface area contributed by atoms with Crippen LogP contribution >= 0.6 is 0 Å². The first-order valence-electron chi connectivity index (χ1n) is 11.8. The summed E-state index contributed by atoms with van der Waals surface area (Å²) in [6.07, 6.45) is 4.19. The highest BCUT2D eigenvalue weighted by Gasteiger charge is 2.57. The van der Waals surface area contributed by atoms with Crippen molar-refractivity contribution in [3.8, 4) is 0 Å². The Kier molecular flexibility index (Phi) is 8.07. The average Bonchev–Trinajstić information content (AvgIpc) is 2.90. The number of aliphatic hydroxyl groups is 1. The van der Waals surface area contributed by atoms with Crippen molar-refractivity contribution < 1.29 is 28.9 Å². The first-order chi connectivity index (χ1) is 14.2. The van der Waals surface area contributed by atoms with Crippen LogP contribution in [0.1, 0.15) is 93.9 Å². The minimum Gasteiger partial charge on any atom is -0.466 e. The van der Waals surface area contributed by atoms with Gasteiger partial charge in [-0.2, -0.15) is 0 Å². The quantitative estimate of drug-likeness (QED) is 0.604. The summed E-state index contributed by atoms with van der Waals surface area (Å²) < 4.78 is 17.2. The Morgan fingerprint density at radius 2 is 1.71 bits per heavy atom. The summed E-state index contributed by atoms with van der Waals surface area (Å²) in [5, 5.41) is 11.3. The fourth-order valence-electron chi connectivity index (χ4n) is 4.81. The third kappa shape index (κ3) is 6.13. The van der Waals surface area contributed by atoms with Crippen molar-refractivity contribution in [3.63, 3.8) is 0 Å². The molecule has 2 rings (SSSR count). The lowest BCUT2D eigenvalue weighted by molar-refractivity contribution is -0.171. The number of carbonyl (C=O) groups is 2. The predicted molar refractivity (Wildman–Crippen MR) is 118 cm³/mol. The number of nitrogens with zero attached hydrogens (tertiary/aromatic N) is 1. The smallest absolute Gasteiger partial charge is 0.412 e. The lowest BCUT2D eigenvalue weighted by Crippen LogP contribution is -2.54. The molecule has 1 N–H and O–H groups in total. The molecular weight excluding hydrogens is 398 g/mol. The van der Waals surface area contributed by atoms with E-state index in [1.807, 2.05) is 34.6 Å². The molecule has 1 aliphatic carbocycles. The SMILES string of the molecule is CCOC(=O)C(C)(C)[C@H](O)[C@@H]1OC(C)(C)N(C(=O)OC(C)(C)C)[C@H]1CC1CCCCC1. The van der Waals surface area contributed by atoms with E-state index in [4.69, 9.17) is 14.2 Å². The second-order valence-electron chi connectivity index (χ2n) is 11.1. The summed E-state index contributed by atoms with van der Waals surface area (Å²) in [6.45, 7) is 14.4. The van der Waals surface area contributed by atoms with Crippen LogP contribution in [-0.4, -0.2) is 58.3 Å². The third-order valence-electron chi connectivity index (χ3n) is 6.46. The maximum absolute atomic E-state index is 13.2. The molecule has 2 aliphatic rings. The molecule has 7 heteroatoms. The molecule has 3 atom stereocenters.